The van der Waals surface area contributed by atoms with Crippen LogP contribution in [0.25, 0.3) is 0 Å². The summed E-state index contributed by atoms with van der Waals surface area (Å²) in [5.74, 6) is 1.19. The molecule has 21 heavy (non-hydrogen) atoms. The molecule has 1 aromatic rings. The van der Waals surface area contributed by atoms with E-state index in [9.17, 15) is 4.79 Å². The third kappa shape index (κ3) is 4.11. The molecule has 1 atom stereocenters. The smallest absolute Gasteiger partial charge is 0.322 e. The van der Waals surface area contributed by atoms with Crippen molar-refractivity contribution in [3.8, 4) is 5.75 Å². The molecule has 0 radical (unpaired) electrons. The number of nitrogens with one attached hydrogen (secondary N) is 1. The number of hydrogen-bond acceptors (Lipinski definition) is 3. The van der Waals surface area contributed by atoms with Crippen LogP contribution in [-0.4, -0.2) is 43.8 Å². The minimum Gasteiger partial charge on any atom is -0.495 e. The van der Waals surface area contributed by atoms with Gasteiger partial charge < -0.3 is 19.7 Å². The molecule has 1 aliphatic heterocycles. The number of urea groups is 1. The molecule has 5 nitrogen and oxygen atoms in total. The molecule has 1 fully saturated rings. The lowest BCUT2D eigenvalue weighted by Gasteiger charge is -2.36. The van der Waals surface area contributed by atoms with E-state index in [1.165, 1.54) is 0 Å². The lowest BCUT2D eigenvalue weighted by Crippen LogP contribution is -2.50. The minimum absolute atomic E-state index is 0.0894. The molecule has 0 aromatic heterocycles. The molecule has 0 bridgehead atoms. The fraction of sp³-hybridized carbons (Fsp3) is 0.562. The number of amides is 2. The van der Waals surface area contributed by atoms with Gasteiger partial charge in [0, 0.05) is 6.54 Å². The Hall–Kier alpha value is -1.75. The van der Waals surface area contributed by atoms with E-state index >= 15 is 0 Å². The quantitative estimate of drug-likeness (QED) is 0.928. The summed E-state index contributed by atoms with van der Waals surface area (Å²) in [5.41, 5.74) is 0.694. The van der Waals surface area contributed by atoms with E-state index in [2.05, 4.69) is 19.2 Å². The molecule has 116 valence electrons. The highest BCUT2D eigenvalue weighted by Crippen LogP contribution is 2.24. The first kappa shape index (κ1) is 15.6. The number of hydrogen-bond donors (Lipinski definition) is 1. The van der Waals surface area contributed by atoms with Gasteiger partial charge in [-0.25, -0.2) is 4.79 Å². The highest BCUT2D eigenvalue weighted by molar-refractivity contribution is 5.91. The average molecular weight is 292 g/mol. The normalized spacial score (nSPS) is 18.7. The average Bonchev–Trinajstić information content (AvgIpc) is 2.47. The molecular weight excluding hydrogens is 268 g/mol. The second-order valence-electron chi connectivity index (χ2n) is 5.68. The maximum Gasteiger partial charge on any atom is 0.322 e. The van der Waals surface area contributed by atoms with Gasteiger partial charge in [-0.15, -0.1) is 0 Å². The maximum atomic E-state index is 12.5. The van der Waals surface area contributed by atoms with Crippen LogP contribution in [0.4, 0.5) is 10.5 Å². The van der Waals surface area contributed by atoms with Crippen molar-refractivity contribution in [1.82, 2.24) is 4.90 Å². The van der Waals surface area contributed by atoms with Gasteiger partial charge in [-0.3, -0.25) is 0 Å². The van der Waals surface area contributed by atoms with Crippen molar-refractivity contribution in [3.05, 3.63) is 24.3 Å². The molecule has 0 spiro atoms. The Morgan fingerprint density at radius 1 is 1.48 bits per heavy atom. The Bertz CT molecular complexity index is 476. The Morgan fingerprint density at radius 2 is 2.24 bits per heavy atom. The monoisotopic (exact) mass is 292 g/mol. The highest BCUT2D eigenvalue weighted by atomic mass is 16.5. The Balaban J connectivity index is 2.06. The van der Waals surface area contributed by atoms with Gasteiger partial charge in [-0.1, -0.05) is 26.0 Å². The molecule has 0 unspecified atom stereocenters. The summed E-state index contributed by atoms with van der Waals surface area (Å²) in [5, 5.41) is 2.94. The van der Waals surface area contributed by atoms with Crippen molar-refractivity contribution < 1.29 is 14.3 Å². The molecule has 1 saturated heterocycles. The summed E-state index contributed by atoms with van der Waals surface area (Å²) in [6.07, 6.45) is 0.944. The van der Waals surface area contributed by atoms with Crippen LogP contribution in [0.5, 0.6) is 5.75 Å². The summed E-state index contributed by atoms with van der Waals surface area (Å²) >= 11 is 0. The summed E-state index contributed by atoms with van der Waals surface area (Å²) in [7, 11) is 1.60. The van der Waals surface area contributed by atoms with Gasteiger partial charge in [0.2, 0.25) is 0 Å². The number of methoxy groups -OCH3 is 1. The van der Waals surface area contributed by atoms with Gasteiger partial charge in [-0.2, -0.15) is 0 Å². The van der Waals surface area contributed by atoms with E-state index < -0.39 is 0 Å². The molecule has 1 aliphatic rings. The second kappa shape index (κ2) is 7.31. The molecule has 0 aliphatic carbocycles. The van der Waals surface area contributed by atoms with Crippen LogP contribution in [0.1, 0.15) is 20.3 Å². The molecule has 5 heteroatoms. The van der Waals surface area contributed by atoms with Gasteiger partial charge in [0.25, 0.3) is 0 Å². The Labute approximate surface area is 126 Å². The predicted octanol–water partition coefficient (Wildman–Crippen LogP) is 2.97. The SMILES string of the molecule is COc1ccccc1NC(=O)N1CCOC[C@@H]1CC(C)C. The van der Waals surface area contributed by atoms with Gasteiger partial charge in [0.15, 0.2) is 0 Å². The van der Waals surface area contributed by atoms with E-state index in [1.807, 2.05) is 29.2 Å². The van der Waals surface area contributed by atoms with Gasteiger partial charge in [0.1, 0.15) is 5.75 Å². The van der Waals surface area contributed by atoms with Crippen LogP contribution in [0, 0.1) is 5.92 Å². The first-order valence-corrected chi connectivity index (χ1v) is 7.40. The van der Waals surface area contributed by atoms with Gasteiger partial charge >= 0.3 is 6.03 Å². The maximum absolute atomic E-state index is 12.5. The van der Waals surface area contributed by atoms with Crippen LogP contribution >= 0.6 is 0 Å². The topological polar surface area (TPSA) is 50.8 Å². The zero-order valence-corrected chi connectivity index (χ0v) is 13.0. The number of anilines is 1. The van der Waals surface area contributed by atoms with Gasteiger partial charge in [0.05, 0.1) is 32.1 Å². The largest absolute Gasteiger partial charge is 0.495 e. The number of para-hydroxylation sites is 2. The van der Waals surface area contributed by atoms with Crippen LogP contribution in [0.2, 0.25) is 0 Å². The third-order valence-corrected chi connectivity index (χ3v) is 3.58. The van der Waals surface area contributed by atoms with Crippen molar-refractivity contribution in [2.75, 3.05) is 32.2 Å². The fourth-order valence-corrected chi connectivity index (χ4v) is 2.60. The van der Waals surface area contributed by atoms with E-state index in [0.717, 1.165) is 6.42 Å². The zero-order valence-electron chi connectivity index (χ0n) is 13.0. The lowest BCUT2D eigenvalue weighted by molar-refractivity contribution is 0.00856. The van der Waals surface area contributed by atoms with Crippen molar-refractivity contribution >= 4 is 11.7 Å². The van der Waals surface area contributed by atoms with Crippen LogP contribution in [0.3, 0.4) is 0 Å². The van der Waals surface area contributed by atoms with E-state index in [0.29, 0.717) is 37.1 Å². The Morgan fingerprint density at radius 3 is 2.95 bits per heavy atom. The van der Waals surface area contributed by atoms with Crippen molar-refractivity contribution in [2.24, 2.45) is 5.92 Å². The van der Waals surface area contributed by atoms with Crippen LogP contribution in [-0.2, 0) is 4.74 Å². The third-order valence-electron chi connectivity index (χ3n) is 3.58. The number of benzene rings is 1. The molecule has 1 N–H and O–H groups in total. The van der Waals surface area contributed by atoms with Crippen molar-refractivity contribution in [3.63, 3.8) is 0 Å². The number of rotatable bonds is 4. The second-order valence-corrected chi connectivity index (χ2v) is 5.68. The molecule has 2 amide bonds. The zero-order chi connectivity index (χ0) is 15.2. The number of morpholine rings is 1. The molecular formula is C16H24N2O3. The van der Waals surface area contributed by atoms with Crippen molar-refractivity contribution in [1.29, 1.82) is 0 Å². The fourth-order valence-electron chi connectivity index (χ4n) is 2.60. The van der Waals surface area contributed by atoms with Crippen molar-refractivity contribution in [2.45, 2.75) is 26.3 Å². The number of ether oxygens (including phenoxy) is 2. The highest BCUT2D eigenvalue weighted by Gasteiger charge is 2.28. The molecule has 0 saturated carbocycles. The number of carbonyl (C=O) groups is 1. The van der Waals surface area contributed by atoms with E-state index in [-0.39, 0.29) is 12.1 Å². The summed E-state index contributed by atoms with van der Waals surface area (Å²) in [4.78, 5) is 14.4. The summed E-state index contributed by atoms with van der Waals surface area (Å²) < 4.78 is 10.8. The first-order chi connectivity index (χ1) is 10.1. The standard InChI is InChI=1S/C16H24N2O3/c1-12(2)10-13-11-21-9-8-18(13)16(19)17-14-6-4-5-7-15(14)20-3/h4-7,12-13H,8-11H2,1-3H3,(H,17,19)/t13-/m0/s1. The van der Waals surface area contributed by atoms with Gasteiger partial charge in [-0.05, 0) is 24.5 Å². The molecule has 1 aromatic carbocycles. The van der Waals surface area contributed by atoms with Crippen LogP contribution < -0.4 is 10.1 Å². The number of carbonyl (C=O) groups excluding carboxylic acids is 1. The van der Waals surface area contributed by atoms with E-state index in [1.54, 1.807) is 7.11 Å². The Kier molecular flexibility index (Phi) is 5.44. The number of nitrogens with zero attached hydrogens (tertiary/aromatic N) is 1. The summed E-state index contributed by atoms with van der Waals surface area (Å²) in [6.45, 7) is 6.14. The lowest BCUT2D eigenvalue weighted by atomic mass is 10.0. The minimum atomic E-state index is -0.0894. The first-order valence-electron chi connectivity index (χ1n) is 7.40. The molecule has 2 rings (SSSR count). The van der Waals surface area contributed by atoms with Crippen LogP contribution in [0.15, 0.2) is 24.3 Å². The predicted molar refractivity (Wildman–Crippen MR) is 82.8 cm³/mol. The molecule has 1 heterocycles. The van der Waals surface area contributed by atoms with E-state index in [4.69, 9.17) is 9.47 Å². The summed E-state index contributed by atoms with van der Waals surface area (Å²) in [6, 6.07) is 7.48.